The molecule has 0 aliphatic heterocycles. The molecule has 0 fully saturated rings. The van der Waals surface area contributed by atoms with Crippen molar-refractivity contribution in [3.05, 3.63) is 40.5 Å². The van der Waals surface area contributed by atoms with Crippen LogP contribution in [0.25, 0.3) is 10.2 Å². The van der Waals surface area contributed by atoms with Gasteiger partial charge in [-0.25, -0.2) is 9.97 Å². The molecule has 3 rings (SSSR count). The highest BCUT2D eigenvalue weighted by Gasteiger charge is 2.13. The molecule has 0 unspecified atom stereocenters. The van der Waals surface area contributed by atoms with Crippen LogP contribution < -0.4 is 10.1 Å². The predicted octanol–water partition coefficient (Wildman–Crippen LogP) is 4.37. The number of anilines is 2. The van der Waals surface area contributed by atoms with Crippen LogP contribution >= 0.6 is 11.3 Å². The van der Waals surface area contributed by atoms with Gasteiger partial charge in [-0.15, -0.1) is 11.3 Å². The van der Waals surface area contributed by atoms with Crippen LogP contribution in [0.2, 0.25) is 0 Å². The minimum absolute atomic E-state index is 0.777. The Morgan fingerprint density at radius 2 is 1.76 bits per heavy atom. The Balaban J connectivity index is 2.04. The van der Waals surface area contributed by atoms with Crippen LogP contribution in [0.15, 0.2) is 24.3 Å². The standard InChI is InChI=1S/C16H17N3OS/c1-9-10(2)21-15-14(9)17-11(3)18-16(15)19-12-5-7-13(20-4)8-6-12/h5-8H,1-4H3,(H,17,18,19). The number of methoxy groups -OCH3 is 1. The molecule has 2 heterocycles. The van der Waals surface area contributed by atoms with E-state index in [0.717, 1.165) is 33.3 Å². The number of aromatic nitrogens is 2. The molecule has 2 aromatic heterocycles. The van der Waals surface area contributed by atoms with Crippen LogP contribution in [0.1, 0.15) is 16.3 Å². The van der Waals surface area contributed by atoms with E-state index < -0.39 is 0 Å². The Labute approximate surface area is 127 Å². The second kappa shape index (κ2) is 5.33. The molecule has 5 heteroatoms. The Morgan fingerprint density at radius 1 is 1.05 bits per heavy atom. The lowest BCUT2D eigenvalue weighted by atomic mass is 10.2. The number of fused-ring (bicyclic) bond motifs is 1. The summed E-state index contributed by atoms with van der Waals surface area (Å²) in [4.78, 5) is 10.4. The van der Waals surface area contributed by atoms with E-state index in [1.807, 2.05) is 31.2 Å². The van der Waals surface area contributed by atoms with Gasteiger partial charge in [-0.05, 0) is 50.6 Å². The van der Waals surface area contributed by atoms with Crippen LogP contribution in [0.3, 0.4) is 0 Å². The van der Waals surface area contributed by atoms with E-state index in [2.05, 4.69) is 29.1 Å². The quantitative estimate of drug-likeness (QED) is 0.780. The molecule has 1 aromatic carbocycles. The van der Waals surface area contributed by atoms with Gasteiger partial charge in [0, 0.05) is 10.6 Å². The van der Waals surface area contributed by atoms with Gasteiger partial charge in [0.05, 0.1) is 17.3 Å². The van der Waals surface area contributed by atoms with Crippen LogP contribution in [0, 0.1) is 20.8 Å². The van der Waals surface area contributed by atoms with Crippen molar-refractivity contribution in [1.29, 1.82) is 0 Å². The number of hydrogen-bond donors (Lipinski definition) is 1. The molecule has 3 aromatic rings. The fourth-order valence-corrected chi connectivity index (χ4v) is 3.25. The van der Waals surface area contributed by atoms with Gasteiger partial charge in [-0.3, -0.25) is 0 Å². The fraction of sp³-hybridized carbons (Fsp3) is 0.250. The molecule has 0 spiro atoms. The minimum atomic E-state index is 0.777. The highest BCUT2D eigenvalue weighted by molar-refractivity contribution is 7.19. The van der Waals surface area contributed by atoms with Crippen molar-refractivity contribution < 1.29 is 4.74 Å². The summed E-state index contributed by atoms with van der Waals surface area (Å²) in [7, 11) is 1.66. The highest BCUT2D eigenvalue weighted by atomic mass is 32.1. The number of hydrogen-bond acceptors (Lipinski definition) is 5. The maximum Gasteiger partial charge on any atom is 0.152 e. The molecule has 1 N–H and O–H groups in total. The van der Waals surface area contributed by atoms with Gasteiger partial charge in [-0.1, -0.05) is 0 Å². The maximum atomic E-state index is 5.18. The second-order valence-corrected chi connectivity index (χ2v) is 6.16. The van der Waals surface area contributed by atoms with Crippen molar-refractivity contribution in [3.63, 3.8) is 0 Å². The summed E-state index contributed by atoms with van der Waals surface area (Å²) in [6.45, 7) is 6.15. The Kier molecular flexibility index (Phi) is 3.51. The van der Waals surface area contributed by atoms with Gasteiger partial charge < -0.3 is 10.1 Å². The van der Waals surface area contributed by atoms with Crippen LogP contribution in [-0.2, 0) is 0 Å². The van der Waals surface area contributed by atoms with E-state index in [1.165, 1.54) is 10.4 Å². The molecule has 0 saturated carbocycles. The summed E-state index contributed by atoms with van der Waals surface area (Å²) in [6, 6.07) is 7.82. The van der Waals surface area contributed by atoms with E-state index in [0.29, 0.717) is 0 Å². The molecular weight excluding hydrogens is 282 g/mol. The first-order valence-corrected chi connectivity index (χ1v) is 7.55. The number of ether oxygens (including phenoxy) is 1. The number of aryl methyl sites for hydroxylation is 3. The number of nitrogens with one attached hydrogen (secondary N) is 1. The molecule has 0 aliphatic carbocycles. The zero-order valence-electron chi connectivity index (χ0n) is 12.5. The third-order valence-corrected chi connectivity index (χ3v) is 4.67. The third-order valence-electron chi connectivity index (χ3n) is 3.47. The lowest BCUT2D eigenvalue weighted by Crippen LogP contribution is -1.97. The average molecular weight is 299 g/mol. The number of benzene rings is 1. The summed E-state index contributed by atoms with van der Waals surface area (Å²) in [5, 5.41) is 3.38. The van der Waals surface area contributed by atoms with Gasteiger partial charge >= 0.3 is 0 Å². The van der Waals surface area contributed by atoms with Crippen molar-refractivity contribution in [2.24, 2.45) is 0 Å². The lowest BCUT2D eigenvalue weighted by molar-refractivity contribution is 0.415. The van der Waals surface area contributed by atoms with Crippen LogP contribution in [0.4, 0.5) is 11.5 Å². The zero-order valence-corrected chi connectivity index (χ0v) is 13.3. The predicted molar refractivity (Wildman–Crippen MR) is 87.9 cm³/mol. The van der Waals surface area contributed by atoms with Crippen LogP contribution in [0.5, 0.6) is 5.75 Å². The largest absolute Gasteiger partial charge is 0.497 e. The molecule has 0 aliphatic rings. The number of thiophene rings is 1. The molecule has 21 heavy (non-hydrogen) atoms. The van der Waals surface area contributed by atoms with E-state index >= 15 is 0 Å². The van der Waals surface area contributed by atoms with Gasteiger partial charge in [0.2, 0.25) is 0 Å². The van der Waals surface area contributed by atoms with Gasteiger partial charge in [0.1, 0.15) is 11.6 Å². The van der Waals surface area contributed by atoms with Crippen molar-refractivity contribution in [2.75, 3.05) is 12.4 Å². The third kappa shape index (κ3) is 2.56. The topological polar surface area (TPSA) is 47.0 Å². The first-order valence-electron chi connectivity index (χ1n) is 6.74. The van der Waals surface area contributed by atoms with E-state index in [9.17, 15) is 0 Å². The summed E-state index contributed by atoms with van der Waals surface area (Å²) in [6.07, 6.45) is 0. The first kappa shape index (κ1) is 13.8. The molecule has 4 nitrogen and oxygen atoms in total. The molecule has 0 saturated heterocycles. The van der Waals surface area contributed by atoms with Crippen LogP contribution in [-0.4, -0.2) is 17.1 Å². The van der Waals surface area contributed by atoms with Crippen molar-refractivity contribution in [3.8, 4) is 5.75 Å². The highest BCUT2D eigenvalue weighted by Crippen LogP contribution is 2.34. The summed E-state index contributed by atoms with van der Waals surface area (Å²) in [5.41, 5.74) is 3.26. The van der Waals surface area contributed by atoms with Crippen molar-refractivity contribution in [1.82, 2.24) is 9.97 Å². The molecule has 0 bridgehead atoms. The average Bonchev–Trinajstić information content (AvgIpc) is 2.76. The van der Waals surface area contributed by atoms with Gasteiger partial charge in [0.25, 0.3) is 0 Å². The van der Waals surface area contributed by atoms with Crippen molar-refractivity contribution in [2.45, 2.75) is 20.8 Å². The minimum Gasteiger partial charge on any atom is -0.497 e. The zero-order chi connectivity index (χ0) is 15.0. The molecule has 0 radical (unpaired) electrons. The van der Waals surface area contributed by atoms with E-state index in [4.69, 9.17) is 4.74 Å². The summed E-state index contributed by atoms with van der Waals surface area (Å²) < 4.78 is 6.28. The molecule has 108 valence electrons. The molecule has 0 atom stereocenters. The van der Waals surface area contributed by atoms with E-state index in [1.54, 1.807) is 18.4 Å². The molecule has 0 amide bonds. The Bertz CT molecular complexity index is 793. The number of nitrogens with zero attached hydrogens (tertiary/aromatic N) is 2. The summed E-state index contributed by atoms with van der Waals surface area (Å²) in [5.74, 6) is 2.48. The summed E-state index contributed by atoms with van der Waals surface area (Å²) >= 11 is 1.73. The molecular formula is C16H17N3OS. The first-order chi connectivity index (χ1) is 10.1. The maximum absolute atomic E-state index is 5.18. The number of rotatable bonds is 3. The van der Waals surface area contributed by atoms with E-state index in [-0.39, 0.29) is 0 Å². The smallest absolute Gasteiger partial charge is 0.152 e. The Morgan fingerprint density at radius 3 is 2.43 bits per heavy atom. The van der Waals surface area contributed by atoms with Gasteiger partial charge in [-0.2, -0.15) is 0 Å². The Hall–Kier alpha value is -2.14. The fourth-order valence-electron chi connectivity index (χ4n) is 2.21. The lowest BCUT2D eigenvalue weighted by Gasteiger charge is -2.08. The van der Waals surface area contributed by atoms with Gasteiger partial charge in [0.15, 0.2) is 5.82 Å². The van der Waals surface area contributed by atoms with Crippen molar-refractivity contribution >= 4 is 33.1 Å². The SMILES string of the molecule is COc1ccc(Nc2nc(C)nc3c(C)c(C)sc23)cc1. The monoisotopic (exact) mass is 299 g/mol. The normalized spacial score (nSPS) is 10.9. The second-order valence-electron chi connectivity index (χ2n) is 4.93.